The van der Waals surface area contributed by atoms with E-state index in [0.717, 1.165) is 25.7 Å². The summed E-state index contributed by atoms with van der Waals surface area (Å²) in [6, 6.07) is 3.58. The van der Waals surface area contributed by atoms with Crippen molar-refractivity contribution in [3.05, 3.63) is 42.7 Å². The standard InChI is InChI=1S/C19H27N3O2/c1-4-12-21-18(24)19(2,3)22(16-10-6-5-7-11-16)17(23)15-9-8-13-20-14-15/h4,8-9,13-14,16H,1,5-7,10-12H2,2-3H3,(H,21,24). The molecule has 0 spiro atoms. The molecule has 1 aliphatic rings. The topological polar surface area (TPSA) is 62.3 Å². The second-order valence-electron chi connectivity index (χ2n) is 6.77. The van der Waals surface area contributed by atoms with Crippen molar-refractivity contribution in [3.8, 4) is 0 Å². The van der Waals surface area contributed by atoms with Gasteiger partial charge in [-0.15, -0.1) is 6.58 Å². The molecule has 0 aliphatic heterocycles. The van der Waals surface area contributed by atoms with Crippen molar-refractivity contribution >= 4 is 11.8 Å². The van der Waals surface area contributed by atoms with E-state index in [0.29, 0.717) is 12.1 Å². The van der Waals surface area contributed by atoms with Crippen LogP contribution in [0.1, 0.15) is 56.3 Å². The van der Waals surface area contributed by atoms with E-state index in [2.05, 4.69) is 16.9 Å². The Balaban J connectivity index is 2.32. The van der Waals surface area contributed by atoms with Crippen LogP contribution in [0.4, 0.5) is 0 Å². The molecular formula is C19H27N3O2. The van der Waals surface area contributed by atoms with E-state index in [4.69, 9.17) is 0 Å². The van der Waals surface area contributed by atoms with Crippen molar-refractivity contribution in [2.45, 2.75) is 57.5 Å². The Kier molecular flexibility index (Phi) is 6.12. The number of nitrogens with one attached hydrogen (secondary N) is 1. The number of aromatic nitrogens is 1. The van der Waals surface area contributed by atoms with Gasteiger partial charge in [-0.1, -0.05) is 25.3 Å². The highest BCUT2D eigenvalue weighted by Crippen LogP contribution is 2.30. The molecule has 0 unspecified atom stereocenters. The first kappa shape index (κ1) is 18.2. The molecule has 2 amide bonds. The van der Waals surface area contributed by atoms with E-state index in [-0.39, 0.29) is 17.9 Å². The highest BCUT2D eigenvalue weighted by molar-refractivity contribution is 5.99. The molecule has 5 nitrogen and oxygen atoms in total. The minimum Gasteiger partial charge on any atom is -0.351 e. The zero-order valence-corrected chi connectivity index (χ0v) is 14.6. The Bertz CT molecular complexity index is 578. The van der Waals surface area contributed by atoms with E-state index < -0.39 is 5.54 Å². The average Bonchev–Trinajstić information content (AvgIpc) is 2.61. The van der Waals surface area contributed by atoms with Crippen LogP contribution in [0.5, 0.6) is 0 Å². The number of rotatable bonds is 6. The third-order valence-electron chi connectivity index (χ3n) is 4.63. The molecule has 0 radical (unpaired) electrons. The van der Waals surface area contributed by atoms with Crippen LogP contribution in [0.25, 0.3) is 0 Å². The summed E-state index contributed by atoms with van der Waals surface area (Å²) in [7, 11) is 0. The van der Waals surface area contributed by atoms with Crippen molar-refractivity contribution in [2.24, 2.45) is 0 Å². The van der Waals surface area contributed by atoms with Crippen molar-refractivity contribution in [1.82, 2.24) is 15.2 Å². The predicted molar refractivity (Wildman–Crippen MR) is 94.6 cm³/mol. The number of carbonyl (C=O) groups excluding carboxylic acids is 2. The zero-order valence-electron chi connectivity index (χ0n) is 14.6. The molecule has 24 heavy (non-hydrogen) atoms. The van der Waals surface area contributed by atoms with Gasteiger partial charge in [0.25, 0.3) is 5.91 Å². The number of amides is 2. The fourth-order valence-corrected chi connectivity index (χ4v) is 3.33. The smallest absolute Gasteiger partial charge is 0.256 e. The van der Waals surface area contributed by atoms with Gasteiger partial charge in [0.2, 0.25) is 5.91 Å². The lowest BCUT2D eigenvalue weighted by Gasteiger charge is -2.44. The maximum atomic E-state index is 13.2. The Morgan fingerprint density at radius 1 is 1.38 bits per heavy atom. The van der Waals surface area contributed by atoms with Crippen molar-refractivity contribution < 1.29 is 9.59 Å². The normalized spacial score (nSPS) is 15.6. The summed E-state index contributed by atoms with van der Waals surface area (Å²) in [4.78, 5) is 31.6. The summed E-state index contributed by atoms with van der Waals surface area (Å²) in [5.41, 5.74) is -0.412. The largest absolute Gasteiger partial charge is 0.351 e. The average molecular weight is 329 g/mol. The molecule has 1 aromatic rings. The van der Waals surface area contributed by atoms with Crippen LogP contribution in [0.2, 0.25) is 0 Å². The second kappa shape index (κ2) is 8.08. The minimum absolute atomic E-state index is 0.0796. The maximum Gasteiger partial charge on any atom is 0.256 e. The molecule has 1 N–H and O–H groups in total. The Labute approximate surface area is 144 Å². The number of carbonyl (C=O) groups is 2. The van der Waals surface area contributed by atoms with Crippen LogP contribution in [0.3, 0.4) is 0 Å². The van der Waals surface area contributed by atoms with Crippen LogP contribution < -0.4 is 5.32 Å². The fourth-order valence-electron chi connectivity index (χ4n) is 3.33. The molecule has 0 bridgehead atoms. The first-order valence-corrected chi connectivity index (χ1v) is 8.61. The molecular weight excluding hydrogens is 302 g/mol. The van der Waals surface area contributed by atoms with Crippen LogP contribution in [-0.4, -0.2) is 39.8 Å². The SMILES string of the molecule is C=CCNC(=O)C(C)(C)N(C(=O)c1cccnc1)C1CCCCC1. The number of pyridine rings is 1. The highest BCUT2D eigenvalue weighted by Gasteiger charge is 2.42. The van der Waals surface area contributed by atoms with Gasteiger partial charge in [-0.3, -0.25) is 14.6 Å². The zero-order chi connectivity index (χ0) is 17.6. The van der Waals surface area contributed by atoms with Gasteiger partial charge in [-0.25, -0.2) is 0 Å². The summed E-state index contributed by atoms with van der Waals surface area (Å²) < 4.78 is 0. The minimum atomic E-state index is -0.933. The molecule has 130 valence electrons. The second-order valence-corrected chi connectivity index (χ2v) is 6.77. The molecule has 1 aromatic heterocycles. The van der Waals surface area contributed by atoms with E-state index >= 15 is 0 Å². The third kappa shape index (κ3) is 4.02. The van der Waals surface area contributed by atoms with Gasteiger partial charge in [0.1, 0.15) is 5.54 Å². The van der Waals surface area contributed by atoms with Crippen molar-refractivity contribution in [1.29, 1.82) is 0 Å². The fraction of sp³-hybridized carbons (Fsp3) is 0.526. The van der Waals surface area contributed by atoms with Gasteiger partial charge >= 0.3 is 0 Å². The van der Waals surface area contributed by atoms with Crippen LogP contribution in [0.15, 0.2) is 37.2 Å². The van der Waals surface area contributed by atoms with Crippen LogP contribution in [0, 0.1) is 0 Å². The van der Waals surface area contributed by atoms with E-state index in [1.165, 1.54) is 6.42 Å². The summed E-state index contributed by atoms with van der Waals surface area (Å²) >= 11 is 0. The number of hydrogen-bond donors (Lipinski definition) is 1. The van der Waals surface area contributed by atoms with Gasteiger partial charge in [-0.05, 0) is 38.8 Å². The molecule has 0 saturated heterocycles. The summed E-state index contributed by atoms with van der Waals surface area (Å²) in [6.07, 6.45) is 10.1. The van der Waals surface area contributed by atoms with Crippen molar-refractivity contribution in [3.63, 3.8) is 0 Å². The Morgan fingerprint density at radius 2 is 2.08 bits per heavy atom. The lowest BCUT2D eigenvalue weighted by Crippen LogP contribution is -2.61. The molecule has 0 aromatic carbocycles. The lowest BCUT2D eigenvalue weighted by atomic mass is 9.89. The van der Waals surface area contributed by atoms with E-state index in [9.17, 15) is 9.59 Å². The van der Waals surface area contributed by atoms with Gasteiger partial charge in [0, 0.05) is 25.0 Å². The molecule has 2 rings (SSSR count). The molecule has 1 aliphatic carbocycles. The molecule has 0 atom stereocenters. The lowest BCUT2D eigenvalue weighted by molar-refractivity contribution is -0.131. The van der Waals surface area contributed by atoms with E-state index in [1.807, 2.05) is 13.8 Å². The third-order valence-corrected chi connectivity index (χ3v) is 4.63. The molecule has 1 heterocycles. The molecule has 5 heteroatoms. The Morgan fingerprint density at radius 3 is 2.67 bits per heavy atom. The maximum absolute atomic E-state index is 13.2. The van der Waals surface area contributed by atoms with Crippen LogP contribution >= 0.6 is 0 Å². The highest BCUT2D eigenvalue weighted by atomic mass is 16.2. The number of hydrogen-bond acceptors (Lipinski definition) is 3. The Hall–Kier alpha value is -2.17. The summed E-state index contributed by atoms with van der Waals surface area (Å²) in [6.45, 7) is 7.65. The first-order valence-electron chi connectivity index (χ1n) is 8.61. The van der Waals surface area contributed by atoms with Gasteiger partial charge < -0.3 is 10.2 Å². The van der Waals surface area contributed by atoms with Gasteiger partial charge in [0.15, 0.2) is 0 Å². The van der Waals surface area contributed by atoms with E-state index in [1.54, 1.807) is 35.5 Å². The monoisotopic (exact) mass is 329 g/mol. The van der Waals surface area contributed by atoms with Gasteiger partial charge in [-0.2, -0.15) is 0 Å². The quantitative estimate of drug-likeness (QED) is 0.816. The molecule has 1 fully saturated rings. The van der Waals surface area contributed by atoms with Crippen LogP contribution in [-0.2, 0) is 4.79 Å². The van der Waals surface area contributed by atoms with Gasteiger partial charge in [0.05, 0.1) is 5.56 Å². The molecule has 1 saturated carbocycles. The summed E-state index contributed by atoms with van der Waals surface area (Å²) in [5.74, 6) is -0.293. The number of nitrogens with zero attached hydrogens (tertiary/aromatic N) is 2. The van der Waals surface area contributed by atoms with Crippen molar-refractivity contribution in [2.75, 3.05) is 6.54 Å². The first-order chi connectivity index (χ1) is 11.5. The predicted octanol–water partition coefficient (Wildman–Crippen LogP) is 2.94. The summed E-state index contributed by atoms with van der Waals surface area (Å²) in [5, 5.41) is 2.83.